The Labute approximate surface area is 110 Å². The molecule has 0 saturated carbocycles. The molecule has 1 aliphatic carbocycles. The number of fused-ring (bicyclic) bond motifs is 3. The van der Waals surface area contributed by atoms with Crippen molar-refractivity contribution >= 4 is 26.8 Å². The number of aryl methyl sites for hydroxylation is 1. The van der Waals surface area contributed by atoms with Crippen molar-refractivity contribution in [2.75, 3.05) is 14.1 Å². The van der Waals surface area contributed by atoms with Crippen molar-refractivity contribution in [3.63, 3.8) is 0 Å². The first-order chi connectivity index (χ1) is 8.15. The molecule has 0 amide bonds. The molecule has 2 nitrogen and oxygen atoms in total. The highest BCUT2D eigenvalue weighted by Crippen LogP contribution is 2.30. The number of aromatic amines is 1. The van der Waals surface area contributed by atoms with Crippen molar-refractivity contribution in [2.45, 2.75) is 25.3 Å². The normalized spacial score (nSPS) is 19.9. The molecule has 1 atom stereocenters. The van der Waals surface area contributed by atoms with E-state index >= 15 is 0 Å². The summed E-state index contributed by atoms with van der Waals surface area (Å²) in [4.78, 5) is 5.14. The fourth-order valence-electron chi connectivity index (χ4n) is 2.88. The molecule has 0 bridgehead atoms. The molecule has 17 heavy (non-hydrogen) atoms. The molecule has 0 saturated heterocycles. The van der Waals surface area contributed by atoms with E-state index in [1.54, 1.807) is 10.5 Å². The SMILES string of the molecule is C[NH+](C)[C@@H]1CCc2[nH]c3ccc(Br)cc3c2C1. The summed E-state index contributed by atoms with van der Waals surface area (Å²) < 4.78 is 1.17. The van der Waals surface area contributed by atoms with Crippen LogP contribution in [0.1, 0.15) is 17.7 Å². The average molecular weight is 294 g/mol. The topological polar surface area (TPSA) is 20.2 Å². The lowest BCUT2D eigenvalue weighted by atomic mass is 9.91. The molecular formula is C14H18BrN2+. The number of rotatable bonds is 1. The summed E-state index contributed by atoms with van der Waals surface area (Å²) in [5.41, 5.74) is 4.28. The van der Waals surface area contributed by atoms with Crippen LogP contribution in [0.4, 0.5) is 0 Å². The van der Waals surface area contributed by atoms with E-state index in [1.807, 2.05) is 0 Å². The van der Waals surface area contributed by atoms with Gasteiger partial charge in [0.1, 0.15) is 0 Å². The molecule has 0 spiro atoms. The first-order valence-electron chi connectivity index (χ1n) is 6.24. The van der Waals surface area contributed by atoms with Crippen molar-refractivity contribution < 1.29 is 4.90 Å². The molecular weight excluding hydrogens is 276 g/mol. The summed E-state index contributed by atoms with van der Waals surface area (Å²) in [5.74, 6) is 0. The van der Waals surface area contributed by atoms with E-state index < -0.39 is 0 Å². The number of likely N-dealkylation sites (N-methyl/N-ethyl adjacent to an activating group) is 1. The summed E-state index contributed by atoms with van der Waals surface area (Å²) in [7, 11) is 4.53. The first kappa shape index (κ1) is 11.3. The first-order valence-corrected chi connectivity index (χ1v) is 7.03. The summed E-state index contributed by atoms with van der Waals surface area (Å²) in [6, 6.07) is 7.30. The third kappa shape index (κ3) is 1.91. The zero-order valence-electron chi connectivity index (χ0n) is 10.3. The Morgan fingerprint density at radius 2 is 2.18 bits per heavy atom. The number of benzene rings is 1. The molecule has 0 aliphatic heterocycles. The van der Waals surface area contributed by atoms with Crippen LogP contribution in [0.5, 0.6) is 0 Å². The molecule has 2 N–H and O–H groups in total. The van der Waals surface area contributed by atoms with Gasteiger partial charge in [0.05, 0.1) is 20.1 Å². The van der Waals surface area contributed by atoms with Gasteiger partial charge in [0.15, 0.2) is 0 Å². The molecule has 1 aromatic carbocycles. The van der Waals surface area contributed by atoms with Crippen LogP contribution in [0.3, 0.4) is 0 Å². The number of hydrogen-bond acceptors (Lipinski definition) is 0. The molecule has 2 aromatic rings. The van der Waals surface area contributed by atoms with Gasteiger partial charge >= 0.3 is 0 Å². The summed E-state index contributed by atoms with van der Waals surface area (Å²) in [5, 5.41) is 1.40. The van der Waals surface area contributed by atoms with Gasteiger partial charge in [-0.15, -0.1) is 0 Å². The Kier molecular flexibility index (Phi) is 2.75. The molecule has 1 heterocycles. The summed E-state index contributed by atoms with van der Waals surface area (Å²) in [6.07, 6.45) is 3.69. The smallest absolute Gasteiger partial charge is 0.0916 e. The van der Waals surface area contributed by atoms with Crippen molar-refractivity contribution in [2.24, 2.45) is 0 Å². The average Bonchev–Trinajstić information content (AvgIpc) is 2.66. The van der Waals surface area contributed by atoms with Gasteiger partial charge in [0.25, 0.3) is 0 Å². The van der Waals surface area contributed by atoms with Gasteiger partial charge in [0, 0.05) is 33.9 Å². The zero-order valence-corrected chi connectivity index (χ0v) is 11.9. The molecule has 0 radical (unpaired) electrons. The standard InChI is InChI=1S/C14H17BrN2/c1-17(2)10-4-6-14-12(8-10)11-7-9(15)3-5-13(11)16-14/h3,5,7,10,16H,4,6,8H2,1-2H3/p+1/t10-/m1/s1. The van der Waals surface area contributed by atoms with Gasteiger partial charge in [-0.25, -0.2) is 0 Å². The van der Waals surface area contributed by atoms with Gasteiger partial charge < -0.3 is 9.88 Å². The lowest BCUT2D eigenvalue weighted by molar-refractivity contribution is -0.886. The van der Waals surface area contributed by atoms with Crippen molar-refractivity contribution in [1.29, 1.82) is 0 Å². The molecule has 1 aromatic heterocycles. The highest BCUT2D eigenvalue weighted by Gasteiger charge is 2.25. The maximum atomic E-state index is 3.57. The van der Waals surface area contributed by atoms with Gasteiger partial charge in [-0.1, -0.05) is 15.9 Å². The van der Waals surface area contributed by atoms with Crippen LogP contribution in [-0.4, -0.2) is 25.1 Å². The van der Waals surface area contributed by atoms with Crippen LogP contribution in [0, 0.1) is 0 Å². The second-order valence-corrected chi connectivity index (χ2v) is 6.20. The number of halogens is 1. The monoisotopic (exact) mass is 293 g/mol. The number of H-pyrrole nitrogens is 1. The molecule has 90 valence electrons. The molecule has 0 fully saturated rings. The van der Waals surface area contributed by atoms with E-state index in [0.29, 0.717) is 0 Å². The Balaban J connectivity index is 2.10. The van der Waals surface area contributed by atoms with E-state index in [0.717, 1.165) is 6.04 Å². The summed E-state index contributed by atoms with van der Waals surface area (Å²) in [6.45, 7) is 0. The Morgan fingerprint density at radius 3 is 2.94 bits per heavy atom. The second-order valence-electron chi connectivity index (χ2n) is 5.29. The number of quaternary nitrogens is 1. The lowest BCUT2D eigenvalue weighted by Crippen LogP contribution is -3.10. The van der Waals surface area contributed by atoms with Gasteiger partial charge in [-0.2, -0.15) is 0 Å². The molecule has 3 heteroatoms. The van der Waals surface area contributed by atoms with Crippen LogP contribution >= 0.6 is 15.9 Å². The van der Waals surface area contributed by atoms with Crippen LogP contribution in [0.15, 0.2) is 22.7 Å². The van der Waals surface area contributed by atoms with Crippen LogP contribution in [0.25, 0.3) is 10.9 Å². The molecule has 3 rings (SSSR count). The maximum absolute atomic E-state index is 3.57. The zero-order chi connectivity index (χ0) is 12.0. The summed E-state index contributed by atoms with van der Waals surface area (Å²) >= 11 is 3.57. The Hall–Kier alpha value is -0.800. The minimum Gasteiger partial charge on any atom is -0.358 e. The van der Waals surface area contributed by atoms with Crippen LogP contribution < -0.4 is 4.90 Å². The largest absolute Gasteiger partial charge is 0.358 e. The third-order valence-corrected chi connectivity index (χ3v) is 4.46. The fraction of sp³-hybridized carbons (Fsp3) is 0.429. The maximum Gasteiger partial charge on any atom is 0.0916 e. The van der Waals surface area contributed by atoms with Gasteiger partial charge in [-0.05, 0) is 30.2 Å². The second kappa shape index (κ2) is 4.14. The Morgan fingerprint density at radius 1 is 1.35 bits per heavy atom. The van der Waals surface area contributed by atoms with Crippen molar-refractivity contribution in [3.05, 3.63) is 33.9 Å². The molecule has 1 aliphatic rings. The highest BCUT2D eigenvalue weighted by atomic mass is 79.9. The minimum atomic E-state index is 0.764. The number of nitrogens with one attached hydrogen (secondary N) is 2. The van der Waals surface area contributed by atoms with E-state index in [1.165, 1.54) is 40.3 Å². The minimum absolute atomic E-state index is 0.764. The van der Waals surface area contributed by atoms with E-state index in [2.05, 4.69) is 53.2 Å². The number of hydrogen-bond donors (Lipinski definition) is 2. The third-order valence-electron chi connectivity index (χ3n) is 3.97. The van der Waals surface area contributed by atoms with Crippen LogP contribution in [0.2, 0.25) is 0 Å². The number of aromatic nitrogens is 1. The molecule has 0 unspecified atom stereocenters. The van der Waals surface area contributed by atoms with E-state index in [4.69, 9.17) is 0 Å². The highest BCUT2D eigenvalue weighted by molar-refractivity contribution is 9.10. The van der Waals surface area contributed by atoms with E-state index in [9.17, 15) is 0 Å². The Bertz CT molecular complexity index is 557. The predicted molar refractivity (Wildman–Crippen MR) is 74.6 cm³/mol. The van der Waals surface area contributed by atoms with Gasteiger partial charge in [-0.3, -0.25) is 0 Å². The van der Waals surface area contributed by atoms with Gasteiger partial charge in [0.2, 0.25) is 0 Å². The van der Waals surface area contributed by atoms with E-state index in [-0.39, 0.29) is 0 Å². The lowest BCUT2D eigenvalue weighted by Gasteiger charge is -2.25. The van der Waals surface area contributed by atoms with Crippen molar-refractivity contribution in [1.82, 2.24) is 4.98 Å². The van der Waals surface area contributed by atoms with Crippen LogP contribution in [-0.2, 0) is 12.8 Å². The fourth-order valence-corrected chi connectivity index (χ4v) is 3.24. The quantitative estimate of drug-likeness (QED) is 0.802. The predicted octanol–water partition coefficient (Wildman–Crippen LogP) is 1.93. The van der Waals surface area contributed by atoms with Crippen molar-refractivity contribution in [3.8, 4) is 0 Å².